The molecule has 3 unspecified atom stereocenters. The highest BCUT2D eigenvalue weighted by Gasteiger charge is 2.32. The summed E-state index contributed by atoms with van der Waals surface area (Å²) >= 11 is 0. The van der Waals surface area contributed by atoms with Crippen LogP contribution < -0.4 is 0 Å². The van der Waals surface area contributed by atoms with Crippen LogP contribution in [0.3, 0.4) is 0 Å². The molecule has 2 N–H and O–H groups in total. The Labute approximate surface area is 132 Å². The predicted octanol–water partition coefficient (Wildman–Crippen LogP) is 2.95. The number of allylic oxidation sites excluding steroid dienone is 2. The van der Waals surface area contributed by atoms with Gasteiger partial charge in [-0.3, -0.25) is 9.59 Å². The van der Waals surface area contributed by atoms with Gasteiger partial charge in [-0.05, 0) is 31.3 Å². The first kappa shape index (κ1) is 18.4. The second-order valence-corrected chi connectivity index (χ2v) is 5.85. The van der Waals surface area contributed by atoms with Gasteiger partial charge in [0.2, 0.25) is 0 Å². The fourth-order valence-electron chi connectivity index (χ4n) is 2.72. The molecule has 4 nitrogen and oxygen atoms in total. The molecule has 0 aromatic heterocycles. The maximum atomic E-state index is 11.7. The summed E-state index contributed by atoms with van der Waals surface area (Å²) in [4.78, 5) is 22.1. The third-order valence-electron chi connectivity index (χ3n) is 4.07. The largest absolute Gasteiger partial charge is 0.481 e. The molecule has 1 rings (SSSR count). The number of unbranched alkanes of at least 4 members (excludes halogenated alkanes) is 1. The highest BCUT2D eigenvalue weighted by Crippen LogP contribution is 2.35. The molecule has 0 aromatic carbocycles. The lowest BCUT2D eigenvalue weighted by Crippen LogP contribution is -2.17. The van der Waals surface area contributed by atoms with E-state index in [9.17, 15) is 14.7 Å². The molecular formula is C18H26O4. The van der Waals surface area contributed by atoms with E-state index < -0.39 is 5.97 Å². The summed E-state index contributed by atoms with van der Waals surface area (Å²) in [5.41, 5.74) is 0. The molecule has 0 saturated heterocycles. The number of hydrogen-bond acceptors (Lipinski definition) is 3. The van der Waals surface area contributed by atoms with Crippen molar-refractivity contribution < 1.29 is 19.8 Å². The van der Waals surface area contributed by atoms with Crippen LogP contribution >= 0.6 is 0 Å². The van der Waals surface area contributed by atoms with Crippen LogP contribution in [0, 0.1) is 23.7 Å². The van der Waals surface area contributed by atoms with Gasteiger partial charge in [0.15, 0.2) is 5.78 Å². The highest BCUT2D eigenvalue weighted by atomic mass is 16.4. The van der Waals surface area contributed by atoms with Gasteiger partial charge in [0.05, 0.1) is 12.5 Å². The van der Waals surface area contributed by atoms with E-state index >= 15 is 0 Å². The van der Waals surface area contributed by atoms with Gasteiger partial charge in [0.1, 0.15) is 0 Å². The number of ketones is 1. The number of aliphatic hydroxyl groups excluding tert-OH is 1. The number of hydrogen-bond donors (Lipinski definition) is 2. The summed E-state index contributed by atoms with van der Waals surface area (Å²) in [5.74, 6) is 5.36. The number of aliphatic carboxylic acids is 1. The lowest BCUT2D eigenvalue weighted by molar-refractivity contribution is -0.136. The first-order valence-electron chi connectivity index (χ1n) is 8.11. The maximum absolute atomic E-state index is 11.7. The average molecular weight is 306 g/mol. The Morgan fingerprint density at radius 1 is 1.23 bits per heavy atom. The quantitative estimate of drug-likeness (QED) is 0.534. The minimum atomic E-state index is -0.846. The predicted molar refractivity (Wildman–Crippen MR) is 85.2 cm³/mol. The molecule has 22 heavy (non-hydrogen) atoms. The van der Waals surface area contributed by atoms with Crippen molar-refractivity contribution >= 4 is 11.8 Å². The summed E-state index contributed by atoms with van der Waals surface area (Å²) in [7, 11) is 0. The molecule has 122 valence electrons. The highest BCUT2D eigenvalue weighted by molar-refractivity contribution is 5.89. The van der Waals surface area contributed by atoms with Crippen molar-refractivity contribution in [3.63, 3.8) is 0 Å². The number of rotatable bonds is 8. The van der Waals surface area contributed by atoms with Gasteiger partial charge < -0.3 is 10.2 Å². The average Bonchev–Trinajstić information content (AvgIpc) is 2.83. The Hall–Kier alpha value is -1.60. The van der Waals surface area contributed by atoms with Gasteiger partial charge in [-0.25, -0.2) is 0 Å². The number of carboxylic acids is 1. The third-order valence-corrected chi connectivity index (χ3v) is 4.07. The number of aliphatic hydroxyl groups is 1. The Balaban J connectivity index is 2.47. The zero-order chi connectivity index (χ0) is 16.4. The summed E-state index contributed by atoms with van der Waals surface area (Å²) in [6.07, 6.45) is 8.27. The van der Waals surface area contributed by atoms with Crippen molar-refractivity contribution in [2.24, 2.45) is 11.8 Å². The molecule has 0 amide bonds. The van der Waals surface area contributed by atoms with E-state index in [0.29, 0.717) is 19.3 Å². The fourth-order valence-corrected chi connectivity index (χ4v) is 2.72. The van der Waals surface area contributed by atoms with Gasteiger partial charge in [0, 0.05) is 25.2 Å². The summed E-state index contributed by atoms with van der Waals surface area (Å²) in [5, 5.41) is 18.6. The Kier molecular flexibility index (Phi) is 8.54. The standard InChI is InChI=1S/C18H26O4/c1-2-3-7-15(19)12-10-14-11-13-17(20)16(14)8-5-4-6-9-18(21)22/h10,12,14,16-17,20H,2-3,6-9,11,13H2,1H3,(H,21,22)/b12-10+. The van der Waals surface area contributed by atoms with Crippen molar-refractivity contribution in [1.29, 1.82) is 0 Å². The minimum absolute atomic E-state index is 0.0487. The third kappa shape index (κ3) is 6.91. The SMILES string of the molecule is CCCCC(=O)/C=C/C1CCC(O)C1CC#CCCC(=O)O. The molecule has 1 aliphatic rings. The van der Waals surface area contributed by atoms with Crippen molar-refractivity contribution in [2.45, 2.75) is 64.4 Å². The van der Waals surface area contributed by atoms with Crippen LogP contribution in [0.4, 0.5) is 0 Å². The number of carboxylic acid groups (broad SMARTS) is 1. The van der Waals surface area contributed by atoms with Gasteiger partial charge in [-0.1, -0.05) is 19.4 Å². The molecule has 1 saturated carbocycles. The summed E-state index contributed by atoms with van der Waals surface area (Å²) < 4.78 is 0. The van der Waals surface area contributed by atoms with Crippen LogP contribution in [-0.2, 0) is 9.59 Å². The smallest absolute Gasteiger partial charge is 0.304 e. The van der Waals surface area contributed by atoms with E-state index in [-0.39, 0.29) is 30.1 Å². The molecular weight excluding hydrogens is 280 g/mol. The van der Waals surface area contributed by atoms with Gasteiger partial charge in [0.25, 0.3) is 0 Å². The topological polar surface area (TPSA) is 74.6 Å². The second-order valence-electron chi connectivity index (χ2n) is 5.85. The van der Waals surface area contributed by atoms with E-state index in [1.807, 2.05) is 6.08 Å². The molecule has 0 radical (unpaired) electrons. The lowest BCUT2D eigenvalue weighted by Gasteiger charge is -2.16. The normalized spacial score (nSPS) is 24.2. The molecule has 1 aliphatic carbocycles. The van der Waals surface area contributed by atoms with Crippen LogP contribution in [0.15, 0.2) is 12.2 Å². The van der Waals surface area contributed by atoms with E-state index in [0.717, 1.165) is 25.7 Å². The molecule has 0 bridgehead atoms. The first-order chi connectivity index (χ1) is 10.5. The Morgan fingerprint density at radius 3 is 2.68 bits per heavy atom. The van der Waals surface area contributed by atoms with E-state index in [4.69, 9.17) is 5.11 Å². The van der Waals surface area contributed by atoms with Crippen LogP contribution in [0.2, 0.25) is 0 Å². The molecule has 0 aromatic rings. The van der Waals surface area contributed by atoms with Crippen molar-refractivity contribution in [1.82, 2.24) is 0 Å². The van der Waals surface area contributed by atoms with E-state index in [1.54, 1.807) is 6.08 Å². The monoisotopic (exact) mass is 306 g/mol. The van der Waals surface area contributed by atoms with Crippen LogP contribution in [-0.4, -0.2) is 28.1 Å². The Bertz CT molecular complexity index is 455. The van der Waals surface area contributed by atoms with Crippen molar-refractivity contribution in [3.8, 4) is 11.8 Å². The van der Waals surface area contributed by atoms with Crippen LogP contribution in [0.1, 0.15) is 58.3 Å². The van der Waals surface area contributed by atoms with Gasteiger partial charge in [-0.15, -0.1) is 11.8 Å². The minimum Gasteiger partial charge on any atom is -0.481 e. The van der Waals surface area contributed by atoms with Gasteiger partial charge >= 0.3 is 5.97 Å². The van der Waals surface area contributed by atoms with Crippen LogP contribution in [0.5, 0.6) is 0 Å². The van der Waals surface area contributed by atoms with Gasteiger partial charge in [-0.2, -0.15) is 0 Å². The molecule has 4 heteroatoms. The van der Waals surface area contributed by atoms with Crippen LogP contribution in [0.25, 0.3) is 0 Å². The number of carbonyl (C=O) groups excluding carboxylic acids is 1. The lowest BCUT2D eigenvalue weighted by atomic mass is 9.91. The second kappa shape index (κ2) is 10.2. The molecule has 0 aliphatic heterocycles. The molecule has 1 fully saturated rings. The fraction of sp³-hybridized carbons (Fsp3) is 0.667. The summed E-state index contributed by atoms with van der Waals surface area (Å²) in [6.45, 7) is 2.06. The van der Waals surface area contributed by atoms with E-state index in [2.05, 4.69) is 18.8 Å². The zero-order valence-electron chi connectivity index (χ0n) is 13.3. The first-order valence-corrected chi connectivity index (χ1v) is 8.11. The van der Waals surface area contributed by atoms with E-state index in [1.165, 1.54) is 0 Å². The number of carbonyl (C=O) groups is 2. The maximum Gasteiger partial charge on any atom is 0.304 e. The molecule has 0 heterocycles. The summed E-state index contributed by atoms with van der Waals surface area (Å²) in [6, 6.07) is 0. The molecule has 0 spiro atoms. The molecule has 3 atom stereocenters. The van der Waals surface area contributed by atoms with Crippen molar-refractivity contribution in [3.05, 3.63) is 12.2 Å². The van der Waals surface area contributed by atoms with Crippen molar-refractivity contribution in [2.75, 3.05) is 0 Å². The zero-order valence-corrected chi connectivity index (χ0v) is 13.3. The Morgan fingerprint density at radius 2 is 2.00 bits per heavy atom.